The summed E-state index contributed by atoms with van der Waals surface area (Å²) in [7, 11) is 1.56. The number of amides is 3. The van der Waals surface area contributed by atoms with E-state index in [2.05, 4.69) is 15.5 Å². The van der Waals surface area contributed by atoms with Crippen LogP contribution in [0.3, 0.4) is 0 Å². The highest BCUT2D eigenvalue weighted by Gasteiger charge is 2.33. The maximum absolute atomic E-state index is 13.3. The molecule has 3 rings (SSSR count). The number of ether oxygens (including phenoxy) is 1. The second kappa shape index (κ2) is 9.63. The molecule has 1 aliphatic heterocycles. The van der Waals surface area contributed by atoms with Crippen molar-refractivity contribution in [2.75, 3.05) is 20.2 Å². The molecule has 0 aliphatic carbocycles. The average molecular weight is 428 g/mol. The Labute approximate surface area is 181 Å². The number of piperidine rings is 1. The molecule has 31 heavy (non-hydrogen) atoms. The average Bonchev–Trinajstić information content (AvgIpc) is 3.27. The van der Waals surface area contributed by atoms with Gasteiger partial charge >= 0.3 is 0 Å². The summed E-state index contributed by atoms with van der Waals surface area (Å²) in [5.41, 5.74) is 6.72. The first kappa shape index (κ1) is 22.3. The van der Waals surface area contributed by atoms with Gasteiger partial charge in [0.2, 0.25) is 5.91 Å². The molecule has 4 N–H and O–H groups in total. The van der Waals surface area contributed by atoms with Crippen LogP contribution >= 0.6 is 0 Å². The van der Waals surface area contributed by atoms with Gasteiger partial charge in [-0.1, -0.05) is 13.8 Å². The van der Waals surface area contributed by atoms with E-state index in [4.69, 9.17) is 10.5 Å². The van der Waals surface area contributed by atoms with Gasteiger partial charge < -0.3 is 20.7 Å². The Balaban J connectivity index is 1.69. The number of aromatic nitrogens is 2. The van der Waals surface area contributed by atoms with E-state index < -0.39 is 11.9 Å². The normalized spacial score (nSPS) is 17.3. The zero-order chi connectivity index (χ0) is 22.5. The molecule has 0 bridgehead atoms. The Morgan fingerprint density at radius 2 is 1.97 bits per heavy atom. The van der Waals surface area contributed by atoms with E-state index in [0.29, 0.717) is 24.4 Å². The first-order valence-electron chi connectivity index (χ1n) is 10.4. The van der Waals surface area contributed by atoms with Gasteiger partial charge in [-0.15, -0.1) is 0 Å². The van der Waals surface area contributed by atoms with Crippen molar-refractivity contribution in [3.05, 3.63) is 47.3 Å². The van der Waals surface area contributed by atoms with Gasteiger partial charge in [0.05, 0.1) is 7.11 Å². The number of carbonyl (C=O) groups is 3. The molecule has 9 nitrogen and oxygen atoms in total. The summed E-state index contributed by atoms with van der Waals surface area (Å²) in [6, 6.07) is 7.76. The van der Waals surface area contributed by atoms with E-state index in [1.807, 2.05) is 13.8 Å². The summed E-state index contributed by atoms with van der Waals surface area (Å²) >= 11 is 0. The summed E-state index contributed by atoms with van der Waals surface area (Å²) < 4.78 is 5.12. The second-order valence-corrected chi connectivity index (χ2v) is 8.12. The highest BCUT2D eigenvalue weighted by atomic mass is 16.5. The van der Waals surface area contributed by atoms with Gasteiger partial charge in [0.25, 0.3) is 11.8 Å². The molecule has 2 atom stereocenters. The fourth-order valence-corrected chi connectivity index (χ4v) is 3.78. The van der Waals surface area contributed by atoms with Crippen LogP contribution in [0.25, 0.3) is 0 Å². The van der Waals surface area contributed by atoms with Crippen molar-refractivity contribution in [2.45, 2.75) is 38.6 Å². The number of hydrogen-bond donors (Lipinski definition) is 3. The third kappa shape index (κ3) is 5.22. The molecule has 9 heteroatoms. The summed E-state index contributed by atoms with van der Waals surface area (Å²) in [6.07, 6.45) is 1.69. The number of nitrogens with one attached hydrogen (secondary N) is 2. The first-order valence-corrected chi connectivity index (χ1v) is 10.4. The predicted molar refractivity (Wildman–Crippen MR) is 115 cm³/mol. The molecule has 0 saturated carbocycles. The highest BCUT2D eigenvalue weighted by Crippen LogP contribution is 2.27. The molecule has 3 amide bonds. The Hall–Kier alpha value is -3.36. The van der Waals surface area contributed by atoms with Crippen molar-refractivity contribution in [2.24, 2.45) is 11.7 Å². The Bertz CT molecular complexity index is 938. The second-order valence-electron chi connectivity index (χ2n) is 8.12. The molecule has 1 saturated heterocycles. The molecule has 0 spiro atoms. The van der Waals surface area contributed by atoms with Crippen LogP contribution in [-0.2, 0) is 4.79 Å². The molecule has 2 aromatic rings. The van der Waals surface area contributed by atoms with Crippen molar-refractivity contribution >= 4 is 17.7 Å². The SMILES string of the molecule is COc1ccc(C(=O)N[C@@H](C(=O)N2CCC[C@@H](c3cc(C(N)=O)n[nH]3)C2)C(C)C)cc1. The van der Waals surface area contributed by atoms with Crippen LogP contribution in [0.5, 0.6) is 5.75 Å². The zero-order valence-corrected chi connectivity index (χ0v) is 18.1. The van der Waals surface area contributed by atoms with Crippen LogP contribution in [0.1, 0.15) is 59.1 Å². The molecule has 1 aliphatic rings. The molecule has 0 unspecified atom stereocenters. The van der Waals surface area contributed by atoms with Crippen molar-refractivity contribution in [1.29, 1.82) is 0 Å². The minimum atomic E-state index is -0.642. The fourth-order valence-electron chi connectivity index (χ4n) is 3.78. The lowest BCUT2D eigenvalue weighted by atomic mass is 9.93. The molecule has 0 radical (unpaired) electrons. The number of rotatable bonds is 7. The molecular formula is C22H29N5O4. The number of carbonyl (C=O) groups excluding carboxylic acids is 3. The van der Waals surface area contributed by atoms with E-state index >= 15 is 0 Å². The van der Waals surface area contributed by atoms with Gasteiger partial charge in [-0.25, -0.2) is 0 Å². The van der Waals surface area contributed by atoms with Crippen LogP contribution in [-0.4, -0.2) is 59.1 Å². The maximum Gasteiger partial charge on any atom is 0.269 e. The van der Waals surface area contributed by atoms with Gasteiger partial charge in [-0.05, 0) is 49.1 Å². The third-order valence-electron chi connectivity index (χ3n) is 5.59. The lowest BCUT2D eigenvalue weighted by Crippen LogP contribution is -2.53. The summed E-state index contributed by atoms with van der Waals surface area (Å²) in [5, 5.41) is 9.69. The number of H-pyrrole nitrogens is 1. The van der Waals surface area contributed by atoms with Crippen LogP contribution in [0.2, 0.25) is 0 Å². The van der Waals surface area contributed by atoms with Crippen molar-refractivity contribution in [3.63, 3.8) is 0 Å². The Kier molecular flexibility index (Phi) is 6.94. The molecule has 166 valence electrons. The van der Waals surface area contributed by atoms with Gasteiger partial charge in [0, 0.05) is 30.3 Å². The van der Waals surface area contributed by atoms with Gasteiger partial charge in [0.15, 0.2) is 0 Å². The number of methoxy groups -OCH3 is 1. The van der Waals surface area contributed by atoms with Gasteiger partial charge in [0.1, 0.15) is 17.5 Å². The van der Waals surface area contributed by atoms with Gasteiger partial charge in [-0.3, -0.25) is 19.5 Å². The monoisotopic (exact) mass is 427 g/mol. The van der Waals surface area contributed by atoms with Crippen LogP contribution in [0.15, 0.2) is 30.3 Å². The van der Waals surface area contributed by atoms with Crippen molar-refractivity contribution in [1.82, 2.24) is 20.4 Å². The van der Waals surface area contributed by atoms with E-state index in [1.165, 1.54) is 0 Å². The molecule has 2 heterocycles. The number of nitrogens with zero attached hydrogens (tertiary/aromatic N) is 2. The largest absolute Gasteiger partial charge is 0.497 e. The molecule has 1 aromatic carbocycles. The van der Waals surface area contributed by atoms with E-state index in [0.717, 1.165) is 18.5 Å². The standard InChI is InChI=1S/C22H29N5O4/c1-13(2)19(24-21(29)14-6-8-16(31-3)9-7-14)22(30)27-10-4-5-15(12-27)17-11-18(20(23)28)26-25-17/h6-9,11,13,15,19H,4-5,10,12H2,1-3H3,(H2,23,28)(H,24,29)(H,25,26)/t15-,19-/m1/s1. The highest BCUT2D eigenvalue weighted by molar-refractivity contribution is 5.97. The lowest BCUT2D eigenvalue weighted by Gasteiger charge is -2.35. The van der Waals surface area contributed by atoms with Gasteiger partial charge in [-0.2, -0.15) is 5.10 Å². The number of hydrogen-bond acceptors (Lipinski definition) is 5. The van der Waals surface area contributed by atoms with E-state index in [9.17, 15) is 14.4 Å². The van der Waals surface area contributed by atoms with Crippen molar-refractivity contribution < 1.29 is 19.1 Å². The minimum Gasteiger partial charge on any atom is -0.497 e. The Morgan fingerprint density at radius 3 is 2.55 bits per heavy atom. The quantitative estimate of drug-likeness (QED) is 0.619. The minimum absolute atomic E-state index is 0.0309. The zero-order valence-electron chi connectivity index (χ0n) is 18.1. The smallest absolute Gasteiger partial charge is 0.269 e. The Morgan fingerprint density at radius 1 is 1.26 bits per heavy atom. The predicted octanol–water partition coefficient (Wildman–Crippen LogP) is 1.68. The summed E-state index contributed by atoms with van der Waals surface area (Å²) in [5.74, 6) is -0.399. The number of primary amides is 1. The fraction of sp³-hybridized carbons (Fsp3) is 0.455. The summed E-state index contributed by atoms with van der Waals surface area (Å²) in [6.45, 7) is 4.92. The first-order chi connectivity index (χ1) is 14.8. The number of benzene rings is 1. The summed E-state index contributed by atoms with van der Waals surface area (Å²) in [4.78, 5) is 39.1. The van der Waals surface area contributed by atoms with Crippen LogP contribution in [0, 0.1) is 5.92 Å². The van der Waals surface area contributed by atoms with Crippen molar-refractivity contribution in [3.8, 4) is 5.75 Å². The number of aromatic amines is 1. The maximum atomic E-state index is 13.3. The topological polar surface area (TPSA) is 130 Å². The van der Waals surface area contributed by atoms with Crippen LogP contribution < -0.4 is 15.8 Å². The lowest BCUT2D eigenvalue weighted by molar-refractivity contribution is -0.135. The molecule has 1 aromatic heterocycles. The van der Waals surface area contributed by atoms with E-state index in [-0.39, 0.29) is 29.3 Å². The molecular weight excluding hydrogens is 398 g/mol. The number of likely N-dealkylation sites (tertiary alicyclic amines) is 1. The third-order valence-corrected chi connectivity index (χ3v) is 5.59. The molecule has 1 fully saturated rings. The van der Waals surface area contributed by atoms with Crippen LogP contribution in [0.4, 0.5) is 0 Å². The number of nitrogens with two attached hydrogens (primary N) is 1. The van der Waals surface area contributed by atoms with E-state index in [1.54, 1.807) is 42.3 Å².